The fourth-order valence-electron chi connectivity index (χ4n) is 3.17. The first kappa shape index (κ1) is 25.8. The quantitative estimate of drug-likeness (QED) is 0.404. The zero-order valence-electron chi connectivity index (χ0n) is 18.9. The van der Waals surface area contributed by atoms with Crippen LogP contribution in [0.4, 0.5) is 13.2 Å². The van der Waals surface area contributed by atoms with E-state index in [-0.39, 0.29) is 37.4 Å². The predicted molar refractivity (Wildman–Crippen MR) is 122 cm³/mol. The summed E-state index contributed by atoms with van der Waals surface area (Å²) in [4.78, 5) is 23.5. The van der Waals surface area contributed by atoms with Crippen LogP contribution in [0.2, 0.25) is 0 Å². The lowest BCUT2D eigenvalue weighted by molar-refractivity contribution is -0.144. The molecule has 0 aliphatic rings. The number of benzene rings is 3. The molecule has 0 saturated heterocycles. The Hall–Kier alpha value is -3.85. The third kappa shape index (κ3) is 8.15. The smallest absolute Gasteiger partial charge is 0.416 e. The van der Waals surface area contributed by atoms with Gasteiger partial charge in [0.25, 0.3) is 0 Å². The molecule has 0 amide bonds. The minimum atomic E-state index is -4.54. The number of hydrogen-bond donors (Lipinski definition) is 1. The third-order valence-corrected chi connectivity index (χ3v) is 4.92. The second-order valence-corrected chi connectivity index (χ2v) is 7.57. The highest BCUT2D eigenvalue weighted by Crippen LogP contribution is 2.34. The number of carbonyl (C=O) groups excluding carboxylic acids is 2. The molecule has 9 heteroatoms. The number of ether oxygens (including phenoxy) is 3. The topological polar surface area (TPSA) is 73.9 Å². The van der Waals surface area contributed by atoms with Crippen molar-refractivity contribution in [2.24, 2.45) is 0 Å². The molecule has 0 saturated carbocycles. The number of rotatable bonds is 10. The van der Waals surface area contributed by atoms with Crippen molar-refractivity contribution in [2.75, 3.05) is 13.7 Å². The van der Waals surface area contributed by atoms with Gasteiger partial charge in [-0.25, -0.2) is 0 Å². The van der Waals surface area contributed by atoms with Crippen molar-refractivity contribution < 1.29 is 37.0 Å². The molecule has 3 rings (SSSR count). The minimum Gasteiger partial charge on any atom is -0.469 e. The van der Waals surface area contributed by atoms with Gasteiger partial charge < -0.3 is 19.5 Å². The Kier molecular flexibility index (Phi) is 8.86. The Morgan fingerprint density at radius 2 is 1.63 bits per heavy atom. The number of nitrogens with one attached hydrogen (secondary N) is 1. The highest BCUT2D eigenvalue weighted by atomic mass is 19.4. The average Bonchev–Trinajstić information content (AvgIpc) is 2.84. The third-order valence-electron chi connectivity index (χ3n) is 4.92. The van der Waals surface area contributed by atoms with Gasteiger partial charge in [-0.3, -0.25) is 9.59 Å². The van der Waals surface area contributed by atoms with E-state index in [0.29, 0.717) is 11.3 Å². The van der Waals surface area contributed by atoms with Crippen molar-refractivity contribution >= 4 is 11.9 Å². The molecular formula is C26H24F3NO5. The molecule has 0 heterocycles. The maximum Gasteiger partial charge on any atom is 0.416 e. The average molecular weight is 487 g/mol. The summed E-state index contributed by atoms with van der Waals surface area (Å²) in [7, 11) is 1.28. The monoisotopic (exact) mass is 487 g/mol. The maximum absolute atomic E-state index is 13.3. The van der Waals surface area contributed by atoms with Gasteiger partial charge in [-0.15, -0.1) is 0 Å². The van der Waals surface area contributed by atoms with Crippen molar-refractivity contribution in [3.8, 4) is 11.5 Å². The Bertz CT molecular complexity index is 1150. The number of hydrogen-bond acceptors (Lipinski definition) is 6. The second kappa shape index (κ2) is 12.0. The standard InChI is InChI=1S/C26H24F3NO5/c1-33-24(31)13-19-8-5-9-22(12-19)35-23-11-10-21(26(27,28)29)14-20(23)15-30-16-25(32)34-17-18-6-3-2-4-7-18/h2-12,14,30H,13,15-17H2,1H3. The summed E-state index contributed by atoms with van der Waals surface area (Å²) < 4.78 is 55.4. The van der Waals surface area contributed by atoms with Gasteiger partial charge in [-0.05, 0) is 41.5 Å². The maximum atomic E-state index is 13.3. The summed E-state index contributed by atoms with van der Waals surface area (Å²) in [5, 5.41) is 2.80. The Balaban J connectivity index is 1.68. The molecule has 0 bridgehead atoms. The van der Waals surface area contributed by atoms with Crippen LogP contribution in [-0.2, 0) is 44.8 Å². The molecule has 0 atom stereocenters. The normalized spacial score (nSPS) is 11.1. The van der Waals surface area contributed by atoms with Crippen molar-refractivity contribution in [3.63, 3.8) is 0 Å². The van der Waals surface area contributed by atoms with E-state index in [2.05, 4.69) is 10.1 Å². The van der Waals surface area contributed by atoms with Crippen molar-refractivity contribution in [1.29, 1.82) is 0 Å². The number of alkyl halides is 3. The molecule has 0 aliphatic heterocycles. The molecule has 0 fully saturated rings. The van der Waals surface area contributed by atoms with E-state index in [1.165, 1.54) is 13.2 Å². The van der Waals surface area contributed by atoms with Crippen LogP contribution in [0.5, 0.6) is 11.5 Å². The van der Waals surface area contributed by atoms with Gasteiger partial charge in [-0.1, -0.05) is 42.5 Å². The highest BCUT2D eigenvalue weighted by molar-refractivity contribution is 5.72. The molecule has 184 valence electrons. The molecule has 3 aromatic carbocycles. The van der Waals surface area contributed by atoms with Crippen molar-refractivity contribution in [2.45, 2.75) is 25.7 Å². The van der Waals surface area contributed by atoms with Gasteiger partial charge in [0.05, 0.1) is 25.6 Å². The lowest BCUT2D eigenvalue weighted by atomic mass is 10.1. The van der Waals surface area contributed by atoms with Gasteiger partial charge in [0.1, 0.15) is 18.1 Å². The summed E-state index contributed by atoms with van der Waals surface area (Å²) in [6.45, 7) is -0.167. The van der Waals surface area contributed by atoms with E-state index in [4.69, 9.17) is 9.47 Å². The van der Waals surface area contributed by atoms with Crippen LogP contribution >= 0.6 is 0 Å². The Morgan fingerprint density at radius 3 is 2.34 bits per heavy atom. The Labute approximate surface area is 200 Å². The summed E-state index contributed by atoms with van der Waals surface area (Å²) >= 11 is 0. The van der Waals surface area contributed by atoms with E-state index >= 15 is 0 Å². The molecule has 1 N–H and O–H groups in total. The SMILES string of the molecule is COC(=O)Cc1cccc(Oc2ccc(C(F)(F)F)cc2CNCC(=O)OCc2ccccc2)c1. The lowest BCUT2D eigenvalue weighted by Gasteiger charge is -2.15. The van der Waals surface area contributed by atoms with Crippen LogP contribution in [0.1, 0.15) is 22.3 Å². The van der Waals surface area contributed by atoms with Crippen LogP contribution in [0.15, 0.2) is 72.8 Å². The molecular weight excluding hydrogens is 463 g/mol. The summed E-state index contributed by atoms with van der Waals surface area (Å²) in [6, 6.07) is 18.8. The number of esters is 2. The molecule has 35 heavy (non-hydrogen) atoms. The van der Waals surface area contributed by atoms with Gasteiger partial charge in [0.15, 0.2) is 0 Å². The van der Waals surface area contributed by atoms with E-state index in [1.54, 1.807) is 24.3 Å². The number of carbonyl (C=O) groups is 2. The van der Waals surface area contributed by atoms with E-state index < -0.39 is 23.7 Å². The zero-order valence-corrected chi connectivity index (χ0v) is 18.9. The van der Waals surface area contributed by atoms with E-state index in [9.17, 15) is 22.8 Å². The summed E-state index contributed by atoms with van der Waals surface area (Å²) in [6.07, 6.45) is -4.51. The fraction of sp³-hybridized carbons (Fsp3) is 0.231. The van der Waals surface area contributed by atoms with Crippen LogP contribution in [0, 0.1) is 0 Å². The predicted octanol–water partition coefficient (Wildman–Crippen LogP) is 5.05. The van der Waals surface area contributed by atoms with E-state index in [0.717, 1.165) is 17.7 Å². The van der Waals surface area contributed by atoms with Gasteiger partial charge in [0, 0.05) is 12.1 Å². The van der Waals surface area contributed by atoms with Crippen LogP contribution in [0.3, 0.4) is 0 Å². The van der Waals surface area contributed by atoms with Crippen LogP contribution < -0.4 is 10.1 Å². The molecule has 6 nitrogen and oxygen atoms in total. The minimum absolute atomic E-state index is 0.0280. The first-order valence-electron chi connectivity index (χ1n) is 10.7. The molecule has 0 spiro atoms. The van der Waals surface area contributed by atoms with Crippen molar-refractivity contribution in [3.05, 3.63) is 95.1 Å². The molecule has 0 aliphatic carbocycles. The summed E-state index contributed by atoms with van der Waals surface area (Å²) in [5.41, 5.74) is 0.813. The molecule has 3 aromatic rings. The number of methoxy groups -OCH3 is 1. The first-order valence-corrected chi connectivity index (χ1v) is 10.7. The van der Waals surface area contributed by atoms with Gasteiger partial charge in [-0.2, -0.15) is 13.2 Å². The first-order chi connectivity index (χ1) is 16.7. The Morgan fingerprint density at radius 1 is 0.886 bits per heavy atom. The van der Waals surface area contributed by atoms with Crippen molar-refractivity contribution in [1.82, 2.24) is 5.32 Å². The molecule has 0 radical (unpaired) electrons. The number of halogens is 3. The summed E-state index contributed by atoms with van der Waals surface area (Å²) in [5.74, 6) is -0.451. The molecule has 0 aromatic heterocycles. The fourth-order valence-corrected chi connectivity index (χ4v) is 3.17. The van der Waals surface area contributed by atoms with Crippen LogP contribution in [0.25, 0.3) is 0 Å². The largest absolute Gasteiger partial charge is 0.469 e. The van der Waals surface area contributed by atoms with E-state index in [1.807, 2.05) is 30.3 Å². The zero-order chi connectivity index (χ0) is 25.3. The van der Waals surface area contributed by atoms with Gasteiger partial charge in [0.2, 0.25) is 0 Å². The molecule has 0 unspecified atom stereocenters. The van der Waals surface area contributed by atoms with Crippen LogP contribution in [-0.4, -0.2) is 25.6 Å². The highest BCUT2D eigenvalue weighted by Gasteiger charge is 2.31. The second-order valence-electron chi connectivity index (χ2n) is 7.57. The van der Waals surface area contributed by atoms with Gasteiger partial charge >= 0.3 is 18.1 Å². The lowest BCUT2D eigenvalue weighted by Crippen LogP contribution is -2.24.